The average Bonchev–Trinajstić information content (AvgIpc) is 3.03. The number of imidazole rings is 1. The molecule has 0 aliphatic carbocycles. The van der Waals surface area contributed by atoms with Gasteiger partial charge in [0.25, 0.3) is 0 Å². The number of aryl methyl sites for hydroxylation is 1. The Bertz CT molecular complexity index is 783. The molecule has 0 aliphatic heterocycles. The van der Waals surface area contributed by atoms with Gasteiger partial charge < -0.3 is 9.88 Å². The zero-order valence-electron chi connectivity index (χ0n) is 12.1. The number of para-hydroxylation sites is 1. The summed E-state index contributed by atoms with van der Waals surface area (Å²) in [6.07, 6.45) is 1.37. The smallest absolute Gasteiger partial charge is 0.369 e. The minimum absolute atomic E-state index is 0.202. The van der Waals surface area contributed by atoms with E-state index >= 15 is 0 Å². The van der Waals surface area contributed by atoms with Crippen LogP contribution < -0.4 is 5.32 Å². The lowest BCUT2D eigenvalue weighted by Gasteiger charge is -2.12. The van der Waals surface area contributed by atoms with Crippen LogP contribution in [0.2, 0.25) is 0 Å². The van der Waals surface area contributed by atoms with E-state index in [-0.39, 0.29) is 11.3 Å². The highest BCUT2D eigenvalue weighted by molar-refractivity contribution is 5.89. The second kappa shape index (κ2) is 6.23. The summed E-state index contributed by atoms with van der Waals surface area (Å²) in [6, 6.07) is 6.64. The van der Waals surface area contributed by atoms with E-state index in [1.807, 2.05) is 10.8 Å². The fraction of sp³-hybridized carbons (Fsp3) is 0.267. The van der Waals surface area contributed by atoms with E-state index < -0.39 is 12.0 Å². The average molecular weight is 321 g/mol. The van der Waals surface area contributed by atoms with Gasteiger partial charge in [-0.2, -0.15) is 13.2 Å². The Kier molecular flexibility index (Phi) is 4.14. The first kappa shape index (κ1) is 15.3. The van der Waals surface area contributed by atoms with Crippen molar-refractivity contribution in [2.45, 2.75) is 19.1 Å². The number of fused-ring (bicyclic) bond motifs is 1. The van der Waals surface area contributed by atoms with Gasteiger partial charge >= 0.3 is 6.18 Å². The third-order valence-electron chi connectivity index (χ3n) is 3.30. The molecular formula is C15H14F3N5. The first-order valence-corrected chi connectivity index (χ1v) is 7.07. The lowest BCUT2D eigenvalue weighted by Crippen LogP contribution is -2.14. The topological polar surface area (TPSA) is 55.6 Å². The Labute approximate surface area is 130 Å². The third-order valence-corrected chi connectivity index (χ3v) is 3.30. The molecule has 0 spiro atoms. The summed E-state index contributed by atoms with van der Waals surface area (Å²) in [4.78, 5) is 11.2. The van der Waals surface area contributed by atoms with Crippen molar-refractivity contribution in [3.63, 3.8) is 0 Å². The number of halogens is 3. The molecule has 0 amide bonds. The summed E-state index contributed by atoms with van der Waals surface area (Å²) in [5.74, 6) is -0.929. The fourth-order valence-corrected chi connectivity index (χ4v) is 2.23. The van der Waals surface area contributed by atoms with Crippen LogP contribution >= 0.6 is 0 Å². The van der Waals surface area contributed by atoms with Crippen molar-refractivity contribution in [1.82, 2.24) is 19.5 Å². The fourth-order valence-electron chi connectivity index (χ4n) is 2.23. The number of nitrogens with zero attached hydrogens (tertiary/aromatic N) is 4. The van der Waals surface area contributed by atoms with Crippen molar-refractivity contribution in [2.24, 2.45) is 0 Å². The van der Waals surface area contributed by atoms with Crippen molar-refractivity contribution in [3.05, 3.63) is 48.8 Å². The highest BCUT2D eigenvalue weighted by Gasteiger charge is 2.35. The van der Waals surface area contributed by atoms with Gasteiger partial charge in [0.2, 0.25) is 5.82 Å². The second-order valence-electron chi connectivity index (χ2n) is 4.99. The third kappa shape index (κ3) is 3.58. The number of rotatable bonds is 5. The Morgan fingerprint density at radius 3 is 2.70 bits per heavy atom. The van der Waals surface area contributed by atoms with Gasteiger partial charge in [0.1, 0.15) is 5.82 Å². The molecule has 0 saturated heterocycles. The minimum Gasteiger partial charge on any atom is -0.369 e. The molecule has 120 valence electrons. The van der Waals surface area contributed by atoms with Crippen molar-refractivity contribution >= 4 is 16.7 Å². The molecule has 1 N–H and O–H groups in total. The van der Waals surface area contributed by atoms with Gasteiger partial charge in [0.15, 0.2) is 0 Å². The SMILES string of the molecule is FC(F)(F)c1nc(NCCCn2ccnc2)c2ccccc2n1. The van der Waals surface area contributed by atoms with Crippen LogP contribution in [0.15, 0.2) is 43.0 Å². The van der Waals surface area contributed by atoms with Crippen LogP contribution in [0.1, 0.15) is 12.2 Å². The monoisotopic (exact) mass is 321 g/mol. The molecule has 0 fully saturated rings. The van der Waals surface area contributed by atoms with Crippen LogP contribution in [0.25, 0.3) is 10.9 Å². The lowest BCUT2D eigenvalue weighted by atomic mass is 10.2. The summed E-state index contributed by atoms with van der Waals surface area (Å²) in [5.41, 5.74) is 0.270. The molecule has 0 unspecified atom stereocenters. The lowest BCUT2D eigenvalue weighted by molar-refractivity contribution is -0.144. The summed E-state index contributed by atoms with van der Waals surface area (Å²) >= 11 is 0. The Morgan fingerprint density at radius 2 is 1.96 bits per heavy atom. The summed E-state index contributed by atoms with van der Waals surface area (Å²) in [5, 5.41) is 3.55. The molecule has 0 radical (unpaired) electrons. The Morgan fingerprint density at radius 1 is 1.13 bits per heavy atom. The summed E-state index contributed by atoms with van der Waals surface area (Å²) < 4.78 is 40.6. The predicted octanol–water partition coefficient (Wildman–Crippen LogP) is 3.35. The zero-order chi connectivity index (χ0) is 16.3. The number of aromatic nitrogens is 4. The minimum atomic E-state index is -4.57. The summed E-state index contributed by atoms with van der Waals surface area (Å²) in [6.45, 7) is 1.22. The van der Waals surface area contributed by atoms with Crippen LogP contribution in [-0.2, 0) is 12.7 Å². The molecular weight excluding hydrogens is 307 g/mol. The quantitative estimate of drug-likeness (QED) is 0.732. The van der Waals surface area contributed by atoms with Crippen LogP contribution in [0.4, 0.5) is 19.0 Å². The van der Waals surface area contributed by atoms with Crippen molar-refractivity contribution in [3.8, 4) is 0 Å². The number of benzene rings is 1. The first-order chi connectivity index (χ1) is 11.0. The van der Waals surface area contributed by atoms with Crippen LogP contribution in [-0.4, -0.2) is 26.1 Å². The maximum absolute atomic E-state index is 12.9. The van der Waals surface area contributed by atoms with E-state index in [0.717, 1.165) is 13.0 Å². The molecule has 0 atom stereocenters. The molecule has 0 aliphatic rings. The Balaban J connectivity index is 1.78. The first-order valence-electron chi connectivity index (χ1n) is 7.07. The van der Waals surface area contributed by atoms with Gasteiger partial charge in [-0.15, -0.1) is 0 Å². The molecule has 0 bridgehead atoms. The highest BCUT2D eigenvalue weighted by atomic mass is 19.4. The summed E-state index contributed by atoms with van der Waals surface area (Å²) in [7, 11) is 0. The maximum atomic E-state index is 12.9. The highest BCUT2D eigenvalue weighted by Crippen LogP contribution is 2.30. The second-order valence-corrected chi connectivity index (χ2v) is 4.99. The zero-order valence-corrected chi connectivity index (χ0v) is 12.1. The number of nitrogens with one attached hydrogen (secondary N) is 1. The van der Waals surface area contributed by atoms with E-state index in [0.29, 0.717) is 11.9 Å². The van der Waals surface area contributed by atoms with E-state index in [4.69, 9.17) is 0 Å². The van der Waals surface area contributed by atoms with Gasteiger partial charge in [-0.05, 0) is 18.6 Å². The van der Waals surface area contributed by atoms with Gasteiger partial charge in [0.05, 0.1) is 11.8 Å². The van der Waals surface area contributed by atoms with Crippen LogP contribution in [0.3, 0.4) is 0 Å². The maximum Gasteiger partial charge on any atom is 0.451 e. The molecule has 0 saturated carbocycles. The Hall–Kier alpha value is -2.64. The van der Waals surface area contributed by atoms with Crippen LogP contribution in [0, 0.1) is 0 Å². The van der Waals surface area contributed by atoms with Gasteiger partial charge in [-0.3, -0.25) is 0 Å². The van der Waals surface area contributed by atoms with Crippen LogP contribution in [0.5, 0.6) is 0 Å². The molecule has 8 heteroatoms. The molecule has 2 heterocycles. The van der Waals surface area contributed by atoms with Crippen molar-refractivity contribution in [2.75, 3.05) is 11.9 Å². The van der Waals surface area contributed by atoms with Gasteiger partial charge in [-0.1, -0.05) is 12.1 Å². The van der Waals surface area contributed by atoms with E-state index in [2.05, 4.69) is 20.3 Å². The van der Waals surface area contributed by atoms with E-state index in [1.165, 1.54) is 0 Å². The normalized spacial score (nSPS) is 11.8. The van der Waals surface area contributed by atoms with Crippen molar-refractivity contribution in [1.29, 1.82) is 0 Å². The molecule has 2 aromatic heterocycles. The molecule has 3 aromatic rings. The molecule has 3 rings (SSSR count). The van der Waals surface area contributed by atoms with E-state index in [1.54, 1.807) is 36.8 Å². The van der Waals surface area contributed by atoms with Crippen molar-refractivity contribution < 1.29 is 13.2 Å². The van der Waals surface area contributed by atoms with E-state index in [9.17, 15) is 13.2 Å². The number of alkyl halides is 3. The molecule has 5 nitrogen and oxygen atoms in total. The number of anilines is 1. The van der Waals surface area contributed by atoms with Gasteiger partial charge in [0, 0.05) is 30.9 Å². The predicted molar refractivity (Wildman–Crippen MR) is 79.9 cm³/mol. The standard InChI is InChI=1S/C15H14F3N5/c16-15(17,18)14-21-12-5-2-1-4-11(12)13(22-14)20-6-3-8-23-9-7-19-10-23/h1-2,4-5,7,9-10H,3,6,8H2,(H,20,21,22). The number of hydrogen-bond donors (Lipinski definition) is 1. The molecule has 1 aromatic carbocycles. The van der Waals surface area contributed by atoms with Gasteiger partial charge in [-0.25, -0.2) is 15.0 Å². The molecule has 23 heavy (non-hydrogen) atoms. The largest absolute Gasteiger partial charge is 0.451 e. The number of hydrogen-bond acceptors (Lipinski definition) is 4.